The smallest absolute Gasteiger partial charge is 0.394 e. The number of rotatable bonds is 30. The zero-order valence-electron chi connectivity index (χ0n) is 30.3. The van der Waals surface area contributed by atoms with Crippen molar-refractivity contribution >= 4 is 16.3 Å². The summed E-state index contributed by atoms with van der Waals surface area (Å²) >= 11 is 0. The number of nitrogens with one attached hydrogen (secondary N) is 1. The van der Waals surface area contributed by atoms with Gasteiger partial charge in [0, 0.05) is 0 Å². The van der Waals surface area contributed by atoms with Gasteiger partial charge in [0.2, 0.25) is 5.91 Å². The van der Waals surface area contributed by atoms with Gasteiger partial charge in [-0.3, -0.25) is 9.35 Å². The second-order valence-electron chi connectivity index (χ2n) is 13.3. The van der Waals surface area contributed by atoms with Crippen LogP contribution in [0.3, 0.4) is 0 Å². The highest BCUT2D eigenvalue weighted by molar-refractivity contribution is 7.80. The van der Waals surface area contributed by atoms with E-state index in [-0.39, 0.29) is 6.42 Å². The molecular formula is C36H67NO12S. The number of unbranched alkanes of at least 4 members (excludes halogenated alkanes) is 15. The van der Waals surface area contributed by atoms with Gasteiger partial charge in [-0.25, -0.2) is 4.18 Å². The van der Waals surface area contributed by atoms with Crippen molar-refractivity contribution < 1.29 is 57.0 Å². The Bertz CT molecular complexity index is 1030. The van der Waals surface area contributed by atoms with Crippen LogP contribution in [0.2, 0.25) is 0 Å². The standard InChI is InChI=1S/C36H67NO12S/c1-3-5-7-9-11-12-13-14-15-16-17-18-19-21-23-25-30(40)35(43)37-28(29(39)24-22-20-10-8-6-4-2)27-47-36-33(42)34(49-50(44,45)46)32(41)31(26-38)48-36/h15-16,22,24,28-34,36,38-42H,3-14,17-21,23,25-27H2,1-2H3,(H,37,43)(H,44,45,46)/b16-15-,24-22+. The molecule has 1 rings (SSSR count). The number of ether oxygens (including phenoxy) is 2. The van der Waals surface area contributed by atoms with Crippen LogP contribution >= 0.6 is 0 Å². The maximum Gasteiger partial charge on any atom is 0.397 e. The fourth-order valence-corrected chi connectivity index (χ4v) is 6.25. The van der Waals surface area contributed by atoms with E-state index in [9.17, 15) is 38.7 Å². The molecule has 0 spiro atoms. The molecule has 1 amide bonds. The van der Waals surface area contributed by atoms with E-state index in [4.69, 9.17) is 14.0 Å². The molecule has 0 aliphatic carbocycles. The third-order valence-corrected chi connectivity index (χ3v) is 9.30. The van der Waals surface area contributed by atoms with Gasteiger partial charge in [-0.2, -0.15) is 8.42 Å². The molecule has 1 aliphatic heterocycles. The highest BCUT2D eigenvalue weighted by Crippen LogP contribution is 2.26. The number of carbonyl (C=O) groups is 1. The summed E-state index contributed by atoms with van der Waals surface area (Å²) in [5, 5.41) is 54.5. The normalized spacial score (nSPS) is 23.4. The zero-order chi connectivity index (χ0) is 37.2. The molecule has 7 N–H and O–H groups in total. The van der Waals surface area contributed by atoms with E-state index in [0.29, 0.717) is 12.8 Å². The van der Waals surface area contributed by atoms with E-state index in [1.807, 2.05) is 0 Å². The maximum absolute atomic E-state index is 12.9. The van der Waals surface area contributed by atoms with Crippen molar-refractivity contribution in [1.82, 2.24) is 5.32 Å². The van der Waals surface area contributed by atoms with Crippen molar-refractivity contribution in [2.75, 3.05) is 13.2 Å². The average Bonchev–Trinajstić information content (AvgIpc) is 3.08. The number of allylic oxidation sites excluding steroid dienone is 3. The SMILES string of the molecule is CCCCCC/C=C/C(O)C(COC1OC(CO)C(O)C(OS(=O)(=O)O)C1O)NC(=O)C(O)CCCCCC/C=C\CCCCCCCCC. The summed E-state index contributed by atoms with van der Waals surface area (Å²) in [4.78, 5) is 12.9. The number of aliphatic hydroxyl groups excluding tert-OH is 5. The Labute approximate surface area is 300 Å². The lowest BCUT2D eigenvalue weighted by Crippen LogP contribution is -2.61. The average molecular weight is 738 g/mol. The molecule has 14 heteroatoms. The molecule has 0 aromatic rings. The number of aliphatic hydroxyl groups is 5. The van der Waals surface area contributed by atoms with E-state index >= 15 is 0 Å². The van der Waals surface area contributed by atoms with Crippen LogP contribution < -0.4 is 5.32 Å². The van der Waals surface area contributed by atoms with Crippen LogP contribution in [0, 0.1) is 0 Å². The molecule has 1 heterocycles. The molecular weight excluding hydrogens is 670 g/mol. The molecule has 294 valence electrons. The van der Waals surface area contributed by atoms with Crippen LogP contribution in [0.1, 0.15) is 136 Å². The van der Waals surface area contributed by atoms with Gasteiger partial charge in [-0.1, -0.05) is 115 Å². The molecule has 0 radical (unpaired) electrons. The molecule has 1 saturated heterocycles. The second kappa shape index (κ2) is 28.1. The van der Waals surface area contributed by atoms with Crippen molar-refractivity contribution in [2.45, 2.75) is 185 Å². The van der Waals surface area contributed by atoms with Crippen LogP contribution in [0.5, 0.6) is 0 Å². The summed E-state index contributed by atoms with van der Waals surface area (Å²) in [6.07, 6.45) is 16.1. The first-order chi connectivity index (χ1) is 23.9. The Morgan fingerprint density at radius 1 is 0.800 bits per heavy atom. The molecule has 0 aromatic heterocycles. The van der Waals surface area contributed by atoms with Gasteiger partial charge < -0.3 is 40.3 Å². The molecule has 0 bridgehead atoms. The summed E-state index contributed by atoms with van der Waals surface area (Å²) in [5.74, 6) is -0.719. The summed E-state index contributed by atoms with van der Waals surface area (Å²) in [5.41, 5.74) is 0. The highest BCUT2D eigenvalue weighted by Gasteiger charge is 2.48. The second-order valence-corrected chi connectivity index (χ2v) is 14.3. The van der Waals surface area contributed by atoms with Crippen molar-refractivity contribution in [3.8, 4) is 0 Å². The molecule has 0 aromatic carbocycles. The Morgan fingerprint density at radius 3 is 1.88 bits per heavy atom. The quantitative estimate of drug-likeness (QED) is 0.0311. The van der Waals surface area contributed by atoms with E-state index in [1.54, 1.807) is 6.08 Å². The predicted octanol–water partition coefficient (Wildman–Crippen LogP) is 4.40. The van der Waals surface area contributed by atoms with E-state index in [2.05, 4.69) is 35.5 Å². The van der Waals surface area contributed by atoms with Crippen LogP contribution in [0.25, 0.3) is 0 Å². The first kappa shape index (κ1) is 46.6. The Morgan fingerprint density at radius 2 is 1.32 bits per heavy atom. The summed E-state index contributed by atoms with van der Waals surface area (Å²) in [6.45, 7) is 3.06. The third kappa shape index (κ3) is 21.2. The first-order valence-electron chi connectivity index (χ1n) is 18.8. The minimum absolute atomic E-state index is 0.228. The minimum Gasteiger partial charge on any atom is -0.394 e. The van der Waals surface area contributed by atoms with Gasteiger partial charge in [-0.15, -0.1) is 0 Å². The van der Waals surface area contributed by atoms with Gasteiger partial charge in [0.1, 0.15) is 30.5 Å². The van der Waals surface area contributed by atoms with Gasteiger partial charge >= 0.3 is 10.4 Å². The van der Waals surface area contributed by atoms with Crippen molar-refractivity contribution in [1.29, 1.82) is 0 Å². The van der Waals surface area contributed by atoms with Crippen LogP contribution in [0.4, 0.5) is 0 Å². The number of hydrogen-bond donors (Lipinski definition) is 7. The first-order valence-corrected chi connectivity index (χ1v) is 20.2. The molecule has 8 unspecified atom stereocenters. The number of amides is 1. The molecule has 13 nitrogen and oxygen atoms in total. The summed E-state index contributed by atoms with van der Waals surface area (Å²) < 4.78 is 47.0. The predicted molar refractivity (Wildman–Crippen MR) is 191 cm³/mol. The zero-order valence-corrected chi connectivity index (χ0v) is 31.1. The molecule has 1 aliphatic rings. The van der Waals surface area contributed by atoms with E-state index < -0.39 is 78.5 Å². The fourth-order valence-electron chi connectivity index (χ4n) is 5.75. The lowest BCUT2D eigenvalue weighted by atomic mass is 9.99. The van der Waals surface area contributed by atoms with Crippen LogP contribution in [-0.4, -0.2) is 107 Å². The lowest BCUT2D eigenvalue weighted by molar-refractivity contribution is -0.298. The largest absolute Gasteiger partial charge is 0.397 e. The Hall–Kier alpha value is -1.46. The number of carbonyl (C=O) groups excluding carboxylic acids is 1. The summed E-state index contributed by atoms with van der Waals surface area (Å²) in [6, 6.07) is -1.12. The van der Waals surface area contributed by atoms with E-state index in [0.717, 1.165) is 57.8 Å². The molecule has 50 heavy (non-hydrogen) atoms. The molecule has 0 saturated carbocycles. The third-order valence-electron chi connectivity index (χ3n) is 8.83. The fraction of sp³-hybridized carbons (Fsp3) is 0.861. The van der Waals surface area contributed by atoms with Crippen molar-refractivity contribution in [2.24, 2.45) is 0 Å². The van der Waals surface area contributed by atoms with Crippen LogP contribution in [0.15, 0.2) is 24.3 Å². The van der Waals surface area contributed by atoms with Gasteiger partial charge in [0.05, 0.1) is 25.4 Å². The minimum atomic E-state index is -5.11. The monoisotopic (exact) mass is 737 g/mol. The van der Waals surface area contributed by atoms with Crippen LogP contribution in [-0.2, 0) is 28.9 Å². The van der Waals surface area contributed by atoms with Gasteiger partial charge in [0.15, 0.2) is 6.29 Å². The Balaban J connectivity index is 2.62. The molecule has 8 atom stereocenters. The van der Waals surface area contributed by atoms with Gasteiger partial charge in [0.25, 0.3) is 0 Å². The van der Waals surface area contributed by atoms with E-state index in [1.165, 1.54) is 51.0 Å². The maximum atomic E-state index is 12.9. The number of hydrogen-bond acceptors (Lipinski definition) is 11. The van der Waals surface area contributed by atoms with Gasteiger partial charge in [-0.05, 0) is 44.9 Å². The van der Waals surface area contributed by atoms with Crippen molar-refractivity contribution in [3.05, 3.63) is 24.3 Å². The highest BCUT2D eigenvalue weighted by atomic mass is 32.3. The topological polar surface area (TPSA) is 212 Å². The summed E-state index contributed by atoms with van der Waals surface area (Å²) in [7, 11) is -5.11. The Kier molecular flexibility index (Phi) is 26.2. The molecule has 1 fully saturated rings. The van der Waals surface area contributed by atoms with Crippen molar-refractivity contribution in [3.63, 3.8) is 0 Å². The lowest BCUT2D eigenvalue weighted by Gasteiger charge is -2.41.